The summed E-state index contributed by atoms with van der Waals surface area (Å²) >= 11 is 3.96. The number of carbonyl (C=O) groups excluding carboxylic acids is 4. The molecule has 4 amide bonds. The van der Waals surface area contributed by atoms with Gasteiger partial charge in [0.05, 0.1) is 19.1 Å². The van der Waals surface area contributed by atoms with Gasteiger partial charge in [0.25, 0.3) is 0 Å². The number of primary amides is 1. The first kappa shape index (κ1) is 23.7. The molecular formula is C15H25N5O7S. The minimum Gasteiger partial charge on any atom is -0.480 e. The third kappa shape index (κ3) is 6.35. The quantitative estimate of drug-likeness (QED) is 0.174. The van der Waals surface area contributed by atoms with E-state index in [1.807, 2.05) is 0 Å². The predicted molar refractivity (Wildman–Crippen MR) is 99.0 cm³/mol. The molecule has 0 radical (unpaired) electrons. The minimum atomic E-state index is -1.38. The van der Waals surface area contributed by atoms with Crippen molar-refractivity contribution < 1.29 is 34.2 Å². The molecule has 0 aromatic rings. The number of nitrogens with zero attached hydrogens (tertiary/aromatic N) is 1. The van der Waals surface area contributed by atoms with E-state index in [0.29, 0.717) is 6.42 Å². The molecule has 4 unspecified atom stereocenters. The Kier molecular flexibility index (Phi) is 9.15. The Morgan fingerprint density at radius 2 is 1.75 bits per heavy atom. The summed E-state index contributed by atoms with van der Waals surface area (Å²) in [6.45, 7) is -0.571. The SMILES string of the molecule is NC(=O)CC(N)C(=O)NC(CS)C(=O)NC(CO)C(=O)N1CCCC1C(=O)O. The molecule has 8 N–H and O–H groups in total. The maximum atomic E-state index is 12.5. The highest BCUT2D eigenvalue weighted by atomic mass is 32.1. The van der Waals surface area contributed by atoms with Crippen LogP contribution < -0.4 is 22.1 Å². The van der Waals surface area contributed by atoms with Gasteiger partial charge in [-0.2, -0.15) is 12.6 Å². The lowest BCUT2D eigenvalue weighted by molar-refractivity contribution is -0.150. The van der Waals surface area contributed by atoms with E-state index in [1.165, 1.54) is 0 Å². The van der Waals surface area contributed by atoms with Crippen molar-refractivity contribution in [3.8, 4) is 0 Å². The smallest absolute Gasteiger partial charge is 0.326 e. The Labute approximate surface area is 166 Å². The van der Waals surface area contributed by atoms with Gasteiger partial charge in [0.1, 0.15) is 18.1 Å². The van der Waals surface area contributed by atoms with Crippen LogP contribution in [0.4, 0.5) is 0 Å². The van der Waals surface area contributed by atoms with E-state index in [0.717, 1.165) is 4.90 Å². The van der Waals surface area contributed by atoms with Gasteiger partial charge < -0.3 is 37.2 Å². The number of amides is 4. The molecule has 1 aliphatic heterocycles. The number of carbonyl (C=O) groups is 5. The summed E-state index contributed by atoms with van der Waals surface area (Å²) in [5.41, 5.74) is 10.5. The summed E-state index contributed by atoms with van der Waals surface area (Å²) in [5.74, 6) is -4.50. The first-order valence-electron chi connectivity index (χ1n) is 8.52. The van der Waals surface area contributed by atoms with Crippen LogP contribution in [0.3, 0.4) is 0 Å². The Balaban J connectivity index is 2.75. The van der Waals surface area contributed by atoms with Crippen LogP contribution in [-0.4, -0.2) is 87.8 Å². The first-order valence-corrected chi connectivity index (χ1v) is 9.15. The lowest BCUT2D eigenvalue weighted by atomic mass is 10.1. The highest BCUT2D eigenvalue weighted by Gasteiger charge is 2.38. The monoisotopic (exact) mass is 419 g/mol. The normalized spacial score (nSPS) is 19.4. The van der Waals surface area contributed by atoms with Crippen molar-refractivity contribution in [1.29, 1.82) is 0 Å². The molecule has 28 heavy (non-hydrogen) atoms. The van der Waals surface area contributed by atoms with Crippen molar-refractivity contribution in [2.45, 2.75) is 43.4 Å². The number of aliphatic hydroxyl groups excluding tert-OH is 1. The second-order valence-corrected chi connectivity index (χ2v) is 6.66. The minimum absolute atomic E-state index is 0.158. The molecule has 158 valence electrons. The van der Waals surface area contributed by atoms with Crippen LogP contribution in [0.25, 0.3) is 0 Å². The average Bonchev–Trinajstić information content (AvgIpc) is 3.12. The molecule has 0 bridgehead atoms. The van der Waals surface area contributed by atoms with Crippen molar-refractivity contribution in [3.63, 3.8) is 0 Å². The molecule has 12 nitrogen and oxygen atoms in total. The number of hydrogen-bond acceptors (Lipinski definition) is 8. The molecular weight excluding hydrogens is 394 g/mol. The van der Waals surface area contributed by atoms with Gasteiger partial charge >= 0.3 is 5.97 Å². The average molecular weight is 419 g/mol. The van der Waals surface area contributed by atoms with Gasteiger partial charge in [0.15, 0.2) is 0 Å². The van der Waals surface area contributed by atoms with Crippen molar-refractivity contribution in [2.24, 2.45) is 11.5 Å². The van der Waals surface area contributed by atoms with E-state index in [4.69, 9.17) is 16.6 Å². The molecule has 0 aromatic carbocycles. The molecule has 13 heteroatoms. The van der Waals surface area contributed by atoms with Gasteiger partial charge in [-0.05, 0) is 12.8 Å². The van der Waals surface area contributed by atoms with Gasteiger partial charge in [-0.15, -0.1) is 0 Å². The van der Waals surface area contributed by atoms with Gasteiger partial charge in [-0.1, -0.05) is 0 Å². The summed E-state index contributed by atoms with van der Waals surface area (Å²) in [4.78, 5) is 59.9. The zero-order valence-electron chi connectivity index (χ0n) is 15.0. The number of rotatable bonds is 10. The third-order valence-corrected chi connectivity index (χ3v) is 4.56. The molecule has 0 spiro atoms. The zero-order chi connectivity index (χ0) is 21.4. The number of hydrogen-bond donors (Lipinski definition) is 7. The Morgan fingerprint density at radius 3 is 2.25 bits per heavy atom. The summed E-state index contributed by atoms with van der Waals surface area (Å²) < 4.78 is 0. The van der Waals surface area contributed by atoms with E-state index < -0.39 is 66.8 Å². The van der Waals surface area contributed by atoms with E-state index >= 15 is 0 Å². The van der Waals surface area contributed by atoms with Crippen LogP contribution in [0.1, 0.15) is 19.3 Å². The number of aliphatic hydroxyl groups is 1. The number of carboxylic acid groups (broad SMARTS) is 1. The second-order valence-electron chi connectivity index (χ2n) is 6.29. The van der Waals surface area contributed by atoms with Crippen molar-refractivity contribution in [3.05, 3.63) is 0 Å². The summed E-state index contributed by atoms with van der Waals surface area (Å²) in [7, 11) is 0. The number of nitrogens with one attached hydrogen (secondary N) is 2. The lowest BCUT2D eigenvalue weighted by Gasteiger charge is -2.27. The Bertz CT molecular complexity index is 632. The number of nitrogens with two attached hydrogens (primary N) is 2. The highest BCUT2D eigenvalue weighted by Crippen LogP contribution is 2.18. The Morgan fingerprint density at radius 1 is 1.14 bits per heavy atom. The second kappa shape index (κ2) is 10.8. The molecule has 4 atom stereocenters. The van der Waals surface area contributed by atoms with Crippen molar-refractivity contribution in [2.75, 3.05) is 18.9 Å². The molecule has 1 saturated heterocycles. The van der Waals surface area contributed by atoms with E-state index in [-0.39, 0.29) is 18.7 Å². The summed E-state index contributed by atoms with van der Waals surface area (Å²) in [5, 5.41) is 23.2. The lowest BCUT2D eigenvalue weighted by Crippen LogP contribution is -2.58. The van der Waals surface area contributed by atoms with Crippen LogP contribution in [0.15, 0.2) is 0 Å². The first-order chi connectivity index (χ1) is 13.1. The fourth-order valence-electron chi connectivity index (χ4n) is 2.73. The van der Waals surface area contributed by atoms with E-state index in [9.17, 15) is 29.1 Å². The zero-order valence-corrected chi connectivity index (χ0v) is 15.9. The molecule has 0 aliphatic carbocycles. The maximum absolute atomic E-state index is 12.5. The maximum Gasteiger partial charge on any atom is 0.326 e. The number of likely N-dealkylation sites (tertiary alicyclic amines) is 1. The largest absolute Gasteiger partial charge is 0.480 e. The molecule has 0 aromatic heterocycles. The molecule has 1 rings (SSSR count). The van der Waals surface area contributed by atoms with Gasteiger partial charge in [0.2, 0.25) is 23.6 Å². The fourth-order valence-corrected chi connectivity index (χ4v) is 2.98. The van der Waals surface area contributed by atoms with Crippen LogP contribution in [0.5, 0.6) is 0 Å². The van der Waals surface area contributed by atoms with Gasteiger partial charge in [-0.3, -0.25) is 19.2 Å². The highest BCUT2D eigenvalue weighted by molar-refractivity contribution is 7.80. The summed E-state index contributed by atoms with van der Waals surface area (Å²) in [6, 6.07) is -4.87. The van der Waals surface area contributed by atoms with Crippen molar-refractivity contribution >= 4 is 42.2 Å². The summed E-state index contributed by atoms with van der Waals surface area (Å²) in [6.07, 6.45) is 0.345. The topological polar surface area (TPSA) is 205 Å². The number of carboxylic acids is 1. The Hall–Kier alpha value is -2.38. The fraction of sp³-hybridized carbons (Fsp3) is 0.667. The van der Waals surface area contributed by atoms with Gasteiger partial charge in [-0.25, -0.2) is 4.79 Å². The van der Waals surface area contributed by atoms with Crippen LogP contribution in [0, 0.1) is 0 Å². The van der Waals surface area contributed by atoms with E-state index in [2.05, 4.69) is 23.3 Å². The van der Waals surface area contributed by atoms with Crippen LogP contribution in [0.2, 0.25) is 0 Å². The third-order valence-electron chi connectivity index (χ3n) is 4.19. The molecule has 0 saturated carbocycles. The molecule has 1 heterocycles. The van der Waals surface area contributed by atoms with Crippen LogP contribution in [-0.2, 0) is 24.0 Å². The standard InChI is InChI=1S/C15H25N5O7S/c16-7(4-11(17)22)12(23)19-9(6-28)13(24)18-8(5-21)14(25)20-3-1-2-10(20)15(26)27/h7-10,21,28H,1-6,16H2,(H2,17,22)(H,18,24)(H,19,23)(H,26,27). The predicted octanol–water partition coefficient (Wildman–Crippen LogP) is -3.84. The number of thiol groups is 1. The number of aliphatic carboxylic acids is 1. The van der Waals surface area contributed by atoms with Gasteiger partial charge in [0, 0.05) is 12.3 Å². The van der Waals surface area contributed by atoms with Crippen LogP contribution >= 0.6 is 12.6 Å². The van der Waals surface area contributed by atoms with Crippen molar-refractivity contribution in [1.82, 2.24) is 15.5 Å². The molecule has 1 aliphatic rings. The van der Waals surface area contributed by atoms with E-state index in [1.54, 1.807) is 0 Å². The molecule has 1 fully saturated rings.